The van der Waals surface area contributed by atoms with E-state index in [1.54, 1.807) is 12.4 Å². The van der Waals surface area contributed by atoms with Crippen LogP contribution < -0.4 is 4.57 Å². The Hall–Kier alpha value is -2.23. The Bertz CT molecular complexity index is 553. The molecule has 1 aromatic heterocycles. The summed E-state index contributed by atoms with van der Waals surface area (Å²) < 4.78 is 7.06. The van der Waals surface area contributed by atoms with Gasteiger partial charge in [-0.15, -0.1) is 0 Å². The van der Waals surface area contributed by atoms with Gasteiger partial charge in [-0.05, 0) is 13.8 Å². The monoisotopic (exact) mass is 257 g/mol. The van der Waals surface area contributed by atoms with Crippen LogP contribution >= 0.6 is 0 Å². The second kappa shape index (κ2) is 6.09. The summed E-state index contributed by atoms with van der Waals surface area (Å²) >= 11 is 0. The number of esters is 1. The van der Waals surface area contributed by atoms with Crippen molar-refractivity contribution in [2.24, 2.45) is 0 Å². The van der Waals surface area contributed by atoms with E-state index in [0.29, 0.717) is 12.2 Å². The van der Waals surface area contributed by atoms with Crippen LogP contribution in [0.1, 0.15) is 29.9 Å². The van der Waals surface area contributed by atoms with Crippen LogP contribution in [0.25, 0.3) is 0 Å². The molecule has 0 N–H and O–H groups in total. The summed E-state index contributed by atoms with van der Waals surface area (Å²) in [5.41, 5.74) is 1.58. The van der Waals surface area contributed by atoms with E-state index in [9.17, 15) is 4.79 Å². The number of nitrogens with zero attached hydrogens (tertiary/aromatic N) is 2. The van der Waals surface area contributed by atoms with E-state index in [4.69, 9.17) is 4.74 Å². The Morgan fingerprint density at radius 1 is 1.32 bits per heavy atom. The number of hydrogen-bond acceptors (Lipinski definition) is 3. The summed E-state index contributed by atoms with van der Waals surface area (Å²) in [6.45, 7) is 4.28. The number of hydrogen-bond donors (Lipinski definition) is 0. The number of benzene rings is 1. The van der Waals surface area contributed by atoms with Gasteiger partial charge >= 0.3 is 11.7 Å². The van der Waals surface area contributed by atoms with Gasteiger partial charge in [-0.1, -0.05) is 30.3 Å². The fourth-order valence-electron chi connectivity index (χ4n) is 1.75. The first-order chi connectivity index (χ1) is 9.16. The zero-order chi connectivity index (χ0) is 13.7. The van der Waals surface area contributed by atoms with Crippen molar-refractivity contribution in [3.05, 3.63) is 60.2 Å². The molecule has 2 rings (SSSR count). The largest absolute Gasteiger partial charge is 0.455 e. The predicted molar refractivity (Wildman–Crippen MR) is 70.5 cm³/mol. The highest BCUT2D eigenvalue weighted by atomic mass is 16.5. The van der Waals surface area contributed by atoms with Gasteiger partial charge in [-0.2, -0.15) is 4.57 Å². The van der Waals surface area contributed by atoms with Crippen molar-refractivity contribution in [3.63, 3.8) is 0 Å². The molecule has 0 radical (unpaired) electrons. The van der Waals surface area contributed by atoms with E-state index >= 15 is 0 Å². The lowest BCUT2D eigenvalue weighted by Gasteiger charge is -2.07. The molecule has 98 valence electrons. The standard InChI is InChI=1S/C15H17N2O2/c1-12(2)19-15(18)14-10-16-8-9-17(14)11-13-6-4-3-5-7-13/h3-10,12H,11H2,1-2H3/q+1. The third-order valence-corrected chi connectivity index (χ3v) is 2.59. The molecule has 0 spiro atoms. The first kappa shape index (κ1) is 13.2. The summed E-state index contributed by atoms with van der Waals surface area (Å²) in [5.74, 6) is -0.348. The lowest BCUT2D eigenvalue weighted by Crippen LogP contribution is -2.41. The molecule has 0 aliphatic heterocycles. The van der Waals surface area contributed by atoms with E-state index in [0.717, 1.165) is 5.56 Å². The van der Waals surface area contributed by atoms with E-state index in [2.05, 4.69) is 4.98 Å². The summed E-state index contributed by atoms with van der Waals surface area (Å²) in [5, 5.41) is 0. The molecular formula is C15H17N2O2+. The molecule has 0 aliphatic rings. The molecule has 19 heavy (non-hydrogen) atoms. The zero-order valence-electron chi connectivity index (χ0n) is 11.1. The second-order valence-electron chi connectivity index (χ2n) is 4.53. The Labute approximate surface area is 112 Å². The molecular weight excluding hydrogens is 240 g/mol. The molecule has 4 nitrogen and oxygen atoms in total. The van der Waals surface area contributed by atoms with E-state index in [1.807, 2.05) is 48.7 Å². The third kappa shape index (κ3) is 3.61. The molecule has 0 amide bonds. The number of rotatable bonds is 4. The van der Waals surface area contributed by atoms with Gasteiger partial charge in [0.25, 0.3) is 0 Å². The molecule has 1 heterocycles. The highest BCUT2D eigenvalue weighted by molar-refractivity contribution is 5.85. The SMILES string of the molecule is CC(C)OC(=O)c1cncc[n+]1Cc1ccccc1. The van der Waals surface area contributed by atoms with E-state index in [-0.39, 0.29) is 12.1 Å². The van der Waals surface area contributed by atoms with E-state index < -0.39 is 0 Å². The minimum absolute atomic E-state index is 0.141. The van der Waals surface area contributed by atoms with E-state index in [1.165, 1.54) is 6.20 Å². The first-order valence-electron chi connectivity index (χ1n) is 6.25. The van der Waals surface area contributed by atoms with Gasteiger partial charge in [-0.3, -0.25) is 4.98 Å². The Morgan fingerprint density at radius 2 is 2.05 bits per heavy atom. The van der Waals surface area contributed by atoms with Gasteiger partial charge < -0.3 is 4.74 Å². The molecule has 0 saturated carbocycles. The molecule has 0 aliphatic carbocycles. The summed E-state index contributed by atoms with van der Waals surface area (Å²) in [7, 11) is 0. The minimum Gasteiger partial charge on any atom is -0.455 e. The summed E-state index contributed by atoms with van der Waals surface area (Å²) in [4.78, 5) is 16.0. The molecule has 0 bridgehead atoms. The van der Waals surface area contributed by atoms with Gasteiger partial charge in [0.05, 0.1) is 12.3 Å². The molecule has 0 fully saturated rings. The van der Waals surface area contributed by atoms with Gasteiger partial charge in [0.15, 0.2) is 12.7 Å². The number of aromatic nitrogens is 2. The van der Waals surface area contributed by atoms with Crippen LogP contribution in [0.3, 0.4) is 0 Å². The normalized spacial score (nSPS) is 10.5. The number of carbonyl (C=O) groups is 1. The van der Waals surface area contributed by atoms with Gasteiger partial charge in [-0.25, -0.2) is 4.79 Å². The highest BCUT2D eigenvalue weighted by Gasteiger charge is 2.21. The fourth-order valence-corrected chi connectivity index (χ4v) is 1.75. The van der Waals surface area contributed by atoms with Crippen LogP contribution in [0.2, 0.25) is 0 Å². The average Bonchev–Trinajstić information content (AvgIpc) is 2.39. The lowest BCUT2D eigenvalue weighted by atomic mass is 10.2. The number of ether oxygens (including phenoxy) is 1. The predicted octanol–water partition coefficient (Wildman–Crippen LogP) is 1.98. The fraction of sp³-hybridized carbons (Fsp3) is 0.267. The molecule has 0 atom stereocenters. The van der Waals surface area contributed by atoms with Crippen molar-refractivity contribution in [3.8, 4) is 0 Å². The molecule has 0 unspecified atom stereocenters. The Kier molecular flexibility index (Phi) is 4.23. The van der Waals surface area contributed by atoms with Crippen LogP contribution in [-0.4, -0.2) is 17.1 Å². The summed E-state index contributed by atoms with van der Waals surface area (Å²) in [6.07, 6.45) is 4.84. The van der Waals surface area contributed by atoms with Crippen molar-refractivity contribution in [2.45, 2.75) is 26.5 Å². The highest BCUT2D eigenvalue weighted by Crippen LogP contribution is 2.01. The van der Waals surface area contributed by atoms with Crippen molar-refractivity contribution in [1.82, 2.24) is 4.98 Å². The Balaban J connectivity index is 2.24. The van der Waals surface area contributed by atoms with Crippen molar-refractivity contribution >= 4 is 5.97 Å². The van der Waals surface area contributed by atoms with Gasteiger partial charge in [0.2, 0.25) is 0 Å². The van der Waals surface area contributed by atoms with Crippen LogP contribution in [0.15, 0.2) is 48.9 Å². The van der Waals surface area contributed by atoms with Crippen molar-refractivity contribution < 1.29 is 14.1 Å². The lowest BCUT2D eigenvalue weighted by molar-refractivity contribution is -0.691. The van der Waals surface area contributed by atoms with Crippen molar-refractivity contribution in [2.75, 3.05) is 0 Å². The first-order valence-corrected chi connectivity index (χ1v) is 6.25. The smallest absolute Gasteiger partial charge is 0.405 e. The van der Waals surface area contributed by atoms with Gasteiger partial charge in [0, 0.05) is 5.56 Å². The summed E-state index contributed by atoms with van der Waals surface area (Å²) in [6, 6.07) is 9.96. The van der Waals surface area contributed by atoms with Crippen LogP contribution in [0, 0.1) is 0 Å². The van der Waals surface area contributed by atoms with Crippen LogP contribution in [0.4, 0.5) is 0 Å². The quantitative estimate of drug-likeness (QED) is 0.621. The maximum absolute atomic E-state index is 12.0. The van der Waals surface area contributed by atoms with Crippen LogP contribution in [0.5, 0.6) is 0 Å². The topological polar surface area (TPSA) is 43.1 Å². The molecule has 4 heteroatoms. The maximum Gasteiger partial charge on any atom is 0.405 e. The minimum atomic E-state index is -0.348. The maximum atomic E-state index is 12.0. The second-order valence-corrected chi connectivity index (χ2v) is 4.53. The zero-order valence-corrected chi connectivity index (χ0v) is 11.1. The van der Waals surface area contributed by atoms with Crippen LogP contribution in [-0.2, 0) is 11.3 Å². The Morgan fingerprint density at radius 3 is 2.74 bits per heavy atom. The molecule has 0 saturated heterocycles. The number of carbonyl (C=O) groups excluding carboxylic acids is 1. The third-order valence-electron chi connectivity index (χ3n) is 2.59. The average molecular weight is 257 g/mol. The van der Waals surface area contributed by atoms with Gasteiger partial charge in [0.1, 0.15) is 6.20 Å². The molecule has 2 aromatic rings. The van der Waals surface area contributed by atoms with Crippen molar-refractivity contribution in [1.29, 1.82) is 0 Å². The molecule has 1 aromatic carbocycles.